The molecule has 5 heteroatoms. The van der Waals surface area contributed by atoms with Crippen molar-refractivity contribution < 1.29 is 18.7 Å². The molecule has 5 nitrogen and oxygen atoms in total. The minimum Gasteiger partial charge on any atom is -0.447 e. The van der Waals surface area contributed by atoms with Gasteiger partial charge in [0.2, 0.25) is 12.0 Å². The van der Waals surface area contributed by atoms with Crippen LogP contribution in [-0.2, 0) is 9.53 Å². The average Bonchev–Trinajstić information content (AvgIpc) is 2.43. The van der Waals surface area contributed by atoms with E-state index in [9.17, 15) is 9.59 Å². The highest BCUT2D eigenvalue weighted by molar-refractivity contribution is 5.87. The molecule has 0 aliphatic rings. The highest BCUT2D eigenvalue weighted by Gasteiger charge is 2.17. The minimum absolute atomic E-state index is 0.0377. The highest BCUT2D eigenvalue weighted by Crippen LogP contribution is 2.24. The summed E-state index contributed by atoms with van der Waals surface area (Å²) in [5, 5.41) is 0.769. The molecule has 1 atom stereocenters. The van der Waals surface area contributed by atoms with Crippen LogP contribution in [0.1, 0.15) is 19.4 Å². The van der Waals surface area contributed by atoms with Gasteiger partial charge in [0, 0.05) is 23.4 Å². The van der Waals surface area contributed by atoms with Crippen LogP contribution in [0.15, 0.2) is 45.6 Å². The molecule has 0 amide bonds. The van der Waals surface area contributed by atoms with Crippen molar-refractivity contribution in [3.63, 3.8) is 0 Å². The number of ether oxygens (including phenoxy) is 2. The normalized spacial score (nSPS) is 12.0. The molecule has 2 rings (SSSR count). The molecule has 0 spiro atoms. The lowest BCUT2D eigenvalue weighted by Crippen LogP contribution is -2.24. The van der Waals surface area contributed by atoms with Crippen LogP contribution in [0.5, 0.6) is 5.75 Å². The third-order valence-corrected chi connectivity index (χ3v) is 2.92. The van der Waals surface area contributed by atoms with Gasteiger partial charge in [-0.2, -0.15) is 0 Å². The Bertz CT molecular complexity index is 757. The van der Waals surface area contributed by atoms with E-state index in [1.165, 1.54) is 13.8 Å². The number of esters is 1. The minimum atomic E-state index is -0.919. The number of benzene rings is 1. The van der Waals surface area contributed by atoms with Crippen LogP contribution in [0.4, 0.5) is 0 Å². The summed E-state index contributed by atoms with van der Waals surface area (Å²) >= 11 is 0. The second kappa shape index (κ2) is 5.83. The van der Waals surface area contributed by atoms with Gasteiger partial charge in [-0.05, 0) is 19.9 Å². The summed E-state index contributed by atoms with van der Waals surface area (Å²) in [5.74, 6) is -0.541. The summed E-state index contributed by atoms with van der Waals surface area (Å²) in [4.78, 5) is 23.4. The number of hydrogen-bond acceptors (Lipinski definition) is 5. The number of fused-ring (bicyclic) bond motifs is 1. The molecule has 110 valence electrons. The molecule has 1 heterocycles. The van der Waals surface area contributed by atoms with E-state index in [-0.39, 0.29) is 11.3 Å². The summed E-state index contributed by atoms with van der Waals surface area (Å²) in [6.45, 7) is 8.29. The summed E-state index contributed by atoms with van der Waals surface area (Å²) in [6.07, 6.45) is -0.919. The Morgan fingerprint density at radius 2 is 2.00 bits per heavy atom. The molecule has 1 aromatic heterocycles. The maximum Gasteiger partial charge on any atom is 0.379 e. The van der Waals surface area contributed by atoms with Gasteiger partial charge < -0.3 is 13.9 Å². The van der Waals surface area contributed by atoms with Crippen LogP contribution in [0.2, 0.25) is 0 Å². The Balaban J connectivity index is 2.32. The van der Waals surface area contributed by atoms with Crippen molar-refractivity contribution >= 4 is 16.9 Å². The summed E-state index contributed by atoms with van der Waals surface area (Å²) in [6, 6.07) is 7.15. The first-order chi connectivity index (χ1) is 9.90. The van der Waals surface area contributed by atoms with Crippen molar-refractivity contribution in [3.05, 3.63) is 52.4 Å². The van der Waals surface area contributed by atoms with E-state index in [4.69, 9.17) is 13.9 Å². The zero-order valence-electron chi connectivity index (χ0n) is 12.1. The predicted octanol–water partition coefficient (Wildman–Crippen LogP) is 2.95. The quantitative estimate of drug-likeness (QED) is 0.374. The molecule has 0 N–H and O–H groups in total. The van der Waals surface area contributed by atoms with Crippen LogP contribution in [0.3, 0.4) is 0 Å². The standard InChI is InChI=1S/C16H16O5/c1-9(2)15(17)20-11(4)19-14-10(3)12-7-5-6-8-13(12)21-16(14)18/h5-8,11H,1H2,2-4H3. The van der Waals surface area contributed by atoms with E-state index in [1.54, 1.807) is 19.1 Å². The Labute approximate surface area is 121 Å². The van der Waals surface area contributed by atoms with Crippen molar-refractivity contribution in [2.75, 3.05) is 0 Å². The molecule has 0 aliphatic heterocycles. The topological polar surface area (TPSA) is 65.7 Å². The lowest BCUT2D eigenvalue weighted by Gasteiger charge is -2.16. The number of rotatable bonds is 4. The fourth-order valence-electron chi connectivity index (χ4n) is 1.86. The molecule has 0 bridgehead atoms. The van der Waals surface area contributed by atoms with E-state index in [2.05, 4.69) is 6.58 Å². The first-order valence-corrected chi connectivity index (χ1v) is 6.45. The fraction of sp³-hybridized carbons (Fsp3) is 0.250. The Hall–Kier alpha value is -2.56. The largest absolute Gasteiger partial charge is 0.447 e. The summed E-state index contributed by atoms with van der Waals surface area (Å²) < 4.78 is 15.6. The van der Waals surface area contributed by atoms with Crippen molar-refractivity contribution in [3.8, 4) is 5.75 Å². The zero-order chi connectivity index (χ0) is 15.6. The zero-order valence-corrected chi connectivity index (χ0v) is 12.1. The molecule has 0 fully saturated rings. The molecule has 0 radical (unpaired) electrons. The van der Waals surface area contributed by atoms with Crippen LogP contribution in [-0.4, -0.2) is 12.3 Å². The summed E-state index contributed by atoms with van der Waals surface area (Å²) in [7, 11) is 0. The number of para-hydroxylation sites is 1. The van der Waals surface area contributed by atoms with Gasteiger partial charge in [0.15, 0.2) is 0 Å². The molecule has 1 unspecified atom stereocenters. The van der Waals surface area contributed by atoms with Gasteiger partial charge in [-0.25, -0.2) is 9.59 Å². The molecule has 0 aliphatic carbocycles. The first-order valence-electron chi connectivity index (χ1n) is 6.45. The van der Waals surface area contributed by atoms with Crippen molar-refractivity contribution in [2.24, 2.45) is 0 Å². The third kappa shape index (κ3) is 3.13. The van der Waals surface area contributed by atoms with Crippen LogP contribution >= 0.6 is 0 Å². The van der Waals surface area contributed by atoms with E-state index in [0.717, 1.165) is 5.39 Å². The maximum absolute atomic E-state index is 12.0. The molecule has 0 saturated carbocycles. The molecule has 0 saturated heterocycles. The van der Waals surface area contributed by atoms with Gasteiger partial charge in [-0.15, -0.1) is 0 Å². The van der Waals surface area contributed by atoms with Crippen molar-refractivity contribution in [1.29, 1.82) is 0 Å². The Morgan fingerprint density at radius 3 is 2.67 bits per heavy atom. The molecular weight excluding hydrogens is 272 g/mol. The van der Waals surface area contributed by atoms with Crippen LogP contribution < -0.4 is 10.4 Å². The molecular formula is C16H16O5. The second-order valence-corrected chi connectivity index (χ2v) is 4.71. The number of aryl methyl sites for hydroxylation is 1. The van der Waals surface area contributed by atoms with E-state index in [0.29, 0.717) is 11.1 Å². The lowest BCUT2D eigenvalue weighted by atomic mass is 10.1. The predicted molar refractivity (Wildman–Crippen MR) is 78.2 cm³/mol. The van der Waals surface area contributed by atoms with Crippen molar-refractivity contribution in [1.82, 2.24) is 0 Å². The van der Waals surface area contributed by atoms with E-state index >= 15 is 0 Å². The van der Waals surface area contributed by atoms with E-state index < -0.39 is 17.9 Å². The SMILES string of the molecule is C=C(C)C(=O)OC(C)Oc1c(C)c2ccccc2oc1=O. The maximum atomic E-state index is 12.0. The monoisotopic (exact) mass is 288 g/mol. The smallest absolute Gasteiger partial charge is 0.379 e. The number of carbonyl (C=O) groups is 1. The van der Waals surface area contributed by atoms with Crippen LogP contribution in [0, 0.1) is 6.92 Å². The van der Waals surface area contributed by atoms with Gasteiger partial charge in [0.25, 0.3) is 0 Å². The molecule has 21 heavy (non-hydrogen) atoms. The highest BCUT2D eigenvalue weighted by atomic mass is 16.7. The number of carbonyl (C=O) groups excluding carboxylic acids is 1. The molecule has 1 aromatic carbocycles. The van der Waals surface area contributed by atoms with Crippen molar-refractivity contribution in [2.45, 2.75) is 27.1 Å². The number of hydrogen-bond donors (Lipinski definition) is 0. The Kier molecular flexibility index (Phi) is 4.12. The van der Waals surface area contributed by atoms with Gasteiger partial charge >= 0.3 is 11.6 Å². The van der Waals surface area contributed by atoms with Crippen LogP contribution in [0.25, 0.3) is 11.0 Å². The fourth-order valence-corrected chi connectivity index (χ4v) is 1.86. The van der Waals surface area contributed by atoms with Gasteiger partial charge in [0.1, 0.15) is 5.58 Å². The van der Waals surface area contributed by atoms with Gasteiger partial charge in [-0.1, -0.05) is 24.8 Å². The third-order valence-electron chi connectivity index (χ3n) is 2.92. The van der Waals surface area contributed by atoms with Gasteiger partial charge in [-0.3, -0.25) is 0 Å². The van der Waals surface area contributed by atoms with Gasteiger partial charge in [0.05, 0.1) is 0 Å². The average molecular weight is 288 g/mol. The second-order valence-electron chi connectivity index (χ2n) is 4.71. The Morgan fingerprint density at radius 1 is 1.33 bits per heavy atom. The molecule has 2 aromatic rings. The summed E-state index contributed by atoms with van der Waals surface area (Å²) in [5.41, 5.74) is 0.774. The first kappa shape index (κ1) is 14.8. The lowest BCUT2D eigenvalue weighted by molar-refractivity contribution is -0.156. The van der Waals surface area contributed by atoms with E-state index in [1.807, 2.05) is 12.1 Å².